The van der Waals surface area contributed by atoms with Gasteiger partial charge in [0.15, 0.2) is 6.10 Å². The number of nitrogens with one attached hydrogen (secondary N) is 1. The van der Waals surface area contributed by atoms with Crippen molar-refractivity contribution in [1.29, 1.82) is 0 Å². The maximum absolute atomic E-state index is 13.5. The number of aryl methyl sites for hydroxylation is 2. The quantitative estimate of drug-likeness (QED) is 0.510. The van der Waals surface area contributed by atoms with E-state index >= 15 is 0 Å². The van der Waals surface area contributed by atoms with E-state index in [4.69, 9.17) is 14.0 Å². The van der Waals surface area contributed by atoms with Crippen molar-refractivity contribution in [2.45, 2.75) is 59.3 Å². The minimum absolute atomic E-state index is 0.0744. The Balaban J connectivity index is 1.49. The van der Waals surface area contributed by atoms with Crippen molar-refractivity contribution >= 4 is 17.5 Å². The number of aromatic nitrogens is 1. The number of carbonyl (C=O) groups is 2. The highest BCUT2D eigenvalue weighted by Gasteiger charge is 2.34. The van der Waals surface area contributed by atoms with Crippen LogP contribution in [-0.4, -0.2) is 35.7 Å². The lowest BCUT2D eigenvalue weighted by Gasteiger charge is -2.34. The molecule has 1 aromatic heterocycles. The summed E-state index contributed by atoms with van der Waals surface area (Å²) in [7, 11) is 0. The number of ether oxygens (including phenoxy) is 2. The molecule has 3 aromatic rings. The first-order valence-electron chi connectivity index (χ1n) is 11.9. The summed E-state index contributed by atoms with van der Waals surface area (Å²) in [5.74, 6) is 1.44. The van der Waals surface area contributed by atoms with Gasteiger partial charge in [-0.15, -0.1) is 0 Å². The number of hydrogen-bond acceptors (Lipinski definition) is 6. The van der Waals surface area contributed by atoms with Gasteiger partial charge in [-0.1, -0.05) is 31.1 Å². The average molecular weight is 478 g/mol. The van der Waals surface area contributed by atoms with Gasteiger partial charge < -0.3 is 24.2 Å². The van der Waals surface area contributed by atoms with Crippen LogP contribution < -0.4 is 19.7 Å². The molecule has 1 aliphatic heterocycles. The number of nitrogens with zero attached hydrogens (tertiary/aromatic N) is 2. The Labute approximate surface area is 205 Å². The fourth-order valence-electron chi connectivity index (χ4n) is 4.06. The highest BCUT2D eigenvalue weighted by Crippen LogP contribution is 2.34. The number of amides is 2. The van der Waals surface area contributed by atoms with Gasteiger partial charge in [0.2, 0.25) is 0 Å². The lowest BCUT2D eigenvalue weighted by molar-refractivity contribution is -0.128. The van der Waals surface area contributed by atoms with Crippen LogP contribution in [0.1, 0.15) is 54.1 Å². The van der Waals surface area contributed by atoms with Crippen LogP contribution in [0.5, 0.6) is 11.5 Å². The molecule has 0 radical (unpaired) electrons. The summed E-state index contributed by atoms with van der Waals surface area (Å²) in [5.41, 5.74) is 2.84. The largest absolute Gasteiger partial charge is 0.489 e. The van der Waals surface area contributed by atoms with E-state index in [1.807, 2.05) is 45.9 Å². The zero-order chi connectivity index (χ0) is 24.9. The second kappa shape index (κ2) is 10.6. The van der Waals surface area contributed by atoms with Crippen LogP contribution in [0.25, 0.3) is 0 Å². The molecule has 2 aromatic carbocycles. The molecule has 1 atom stereocenters. The molecular weight excluding hydrogens is 446 g/mol. The molecule has 0 bridgehead atoms. The van der Waals surface area contributed by atoms with E-state index in [1.54, 1.807) is 35.2 Å². The molecular formula is C27H31N3O5. The Morgan fingerprint density at radius 1 is 1.11 bits per heavy atom. The predicted molar refractivity (Wildman–Crippen MR) is 132 cm³/mol. The molecule has 0 saturated carbocycles. The van der Waals surface area contributed by atoms with Crippen LogP contribution in [0.3, 0.4) is 0 Å². The van der Waals surface area contributed by atoms with E-state index in [2.05, 4.69) is 10.5 Å². The van der Waals surface area contributed by atoms with Gasteiger partial charge in [0.05, 0.1) is 23.5 Å². The summed E-state index contributed by atoms with van der Waals surface area (Å²) in [5, 5.41) is 6.96. The molecule has 1 unspecified atom stereocenters. The second-order valence-corrected chi connectivity index (χ2v) is 8.63. The Hall–Kier alpha value is -3.81. The maximum atomic E-state index is 13.5. The molecule has 0 spiro atoms. The number of para-hydroxylation sites is 2. The average Bonchev–Trinajstić information content (AvgIpc) is 3.21. The van der Waals surface area contributed by atoms with E-state index in [-0.39, 0.29) is 24.4 Å². The topological polar surface area (TPSA) is 93.9 Å². The third kappa shape index (κ3) is 5.31. The van der Waals surface area contributed by atoms with Crippen LogP contribution in [0, 0.1) is 13.8 Å². The van der Waals surface area contributed by atoms with Gasteiger partial charge in [-0.25, -0.2) is 0 Å². The van der Waals surface area contributed by atoms with Gasteiger partial charge in [0.1, 0.15) is 23.9 Å². The van der Waals surface area contributed by atoms with Crippen LogP contribution in [0.4, 0.5) is 5.69 Å². The van der Waals surface area contributed by atoms with Gasteiger partial charge in [0.25, 0.3) is 11.8 Å². The molecule has 8 nitrogen and oxygen atoms in total. The summed E-state index contributed by atoms with van der Waals surface area (Å²) in [6, 6.07) is 14.3. The smallest absolute Gasteiger partial charge is 0.263 e. The summed E-state index contributed by atoms with van der Waals surface area (Å²) >= 11 is 0. The number of benzene rings is 2. The van der Waals surface area contributed by atoms with Crippen LogP contribution in [-0.2, 0) is 11.4 Å². The zero-order valence-corrected chi connectivity index (χ0v) is 20.5. The van der Waals surface area contributed by atoms with Crippen LogP contribution in [0.15, 0.2) is 53.1 Å². The Kier molecular flexibility index (Phi) is 7.39. The van der Waals surface area contributed by atoms with Gasteiger partial charge in [0, 0.05) is 11.6 Å². The second-order valence-electron chi connectivity index (χ2n) is 8.63. The standard InChI is InChI=1S/C27H31N3O5/c1-5-20(6-2)28-26(31)25-15-30(23-9-7-8-10-24(23)34-25)27(32)19-11-13-21(14-12-19)33-16-22-17(3)29-35-18(22)4/h7-14,20,25H,5-6,15-16H2,1-4H3,(H,28,31). The highest BCUT2D eigenvalue weighted by molar-refractivity contribution is 6.08. The lowest BCUT2D eigenvalue weighted by atomic mass is 10.1. The molecule has 184 valence electrons. The first-order valence-corrected chi connectivity index (χ1v) is 11.9. The molecule has 35 heavy (non-hydrogen) atoms. The first-order chi connectivity index (χ1) is 16.9. The van der Waals surface area contributed by atoms with Gasteiger partial charge >= 0.3 is 0 Å². The Bertz CT molecular complexity index is 1160. The minimum Gasteiger partial charge on any atom is -0.489 e. The molecule has 0 aliphatic carbocycles. The molecule has 4 rings (SSSR count). The van der Waals surface area contributed by atoms with E-state index in [0.717, 1.165) is 29.9 Å². The summed E-state index contributed by atoms with van der Waals surface area (Å²) < 4.78 is 17.0. The summed E-state index contributed by atoms with van der Waals surface area (Å²) in [6.07, 6.45) is 0.879. The number of carbonyl (C=O) groups excluding carboxylic acids is 2. The summed E-state index contributed by atoms with van der Waals surface area (Å²) in [6.45, 7) is 8.24. The van der Waals surface area contributed by atoms with Crippen LogP contribution >= 0.6 is 0 Å². The molecule has 8 heteroatoms. The molecule has 2 amide bonds. The molecule has 2 heterocycles. The minimum atomic E-state index is -0.785. The molecule has 0 fully saturated rings. The maximum Gasteiger partial charge on any atom is 0.263 e. The van der Waals surface area contributed by atoms with Crippen molar-refractivity contribution in [3.63, 3.8) is 0 Å². The lowest BCUT2D eigenvalue weighted by Crippen LogP contribution is -2.52. The summed E-state index contributed by atoms with van der Waals surface area (Å²) in [4.78, 5) is 28.0. The Morgan fingerprint density at radius 2 is 1.83 bits per heavy atom. The van der Waals surface area contributed by atoms with Crippen molar-refractivity contribution in [3.05, 3.63) is 71.1 Å². The molecule has 1 aliphatic rings. The zero-order valence-electron chi connectivity index (χ0n) is 20.5. The van der Waals surface area contributed by atoms with Crippen molar-refractivity contribution < 1.29 is 23.6 Å². The number of rotatable bonds is 8. The molecule has 0 saturated heterocycles. The van der Waals surface area contributed by atoms with E-state index in [0.29, 0.717) is 29.4 Å². The van der Waals surface area contributed by atoms with Crippen molar-refractivity contribution in [1.82, 2.24) is 10.5 Å². The fourth-order valence-corrected chi connectivity index (χ4v) is 4.06. The fraction of sp³-hybridized carbons (Fsp3) is 0.370. The predicted octanol–water partition coefficient (Wildman–Crippen LogP) is 4.58. The number of anilines is 1. The van der Waals surface area contributed by atoms with E-state index in [1.165, 1.54) is 0 Å². The first kappa shape index (κ1) is 24.3. The van der Waals surface area contributed by atoms with Crippen molar-refractivity contribution in [3.8, 4) is 11.5 Å². The SMILES string of the molecule is CCC(CC)NC(=O)C1CN(C(=O)c2ccc(OCc3c(C)noc3C)cc2)c2ccccc2O1. The Morgan fingerprint density at radius 3 is 2.49 bits per heavy atom. The number of fused-ring (bicyclic) bond motifs is 1. The third-order valence-electron chi connectivity index (χ3n) is 6.31. The monoisotopic (exact) mass is 477 g/mol. The molecule has 1 N–H and O–H groups in total. The van der Waals surface area contributed by atoms with Gasteiger partial charge in [-0.2, -0.15) is 0 Å². The van der Waals surface area contributed by atoms with Crippen LogP contribution in [0.2, 0.25) is 0 Å². The van der Waals surface area contributed by atoms with Gasteiger partial charge in [-0.3, -0.25) is 9.59 Å². The van der Waals surface area contributed by atoms with Gasteiger partial charge in [-0.05, 0) is 63.1 Å². The van der Waals surface area contributed by atoms with E-state index < -0.39 is 6.10 Å². The van der Waals surface area contributed by atoms with E-state index in [9.17, 15) is 9.59 Å². The van der Waals surface area contributed by atoms with Crippen molar-refractivity contribution in [2.24, 2.45) is 0 Å². The highest BCUT2D eigenvalue weighted by atomic mass is 16.5. The third-order valence-corrected chi connectivity index (χ3v) is 6.31. The normalized spacial score (nSPS) is 14.9. The number of hydrogen-bond donors (Lipinski definition) is 1. The van der Waals surface area contributed by atoms with Crippen molar-refractivity contribution in [2.75, 3.05) is 11.4 Å².